The molecule has 1 aliphatic rings. The van der Waals surface area contributed by atoms with Crippen LogP contribution in [0.4, 0.5) is 0 Å². The first-order valence-corrected chi connectivity index (χ1v) is 6.83. The number of amides is 1. The third-order valence-electron chi connectivity index (χ3n) is 3.44. The number of carbonyl (C=O) groups is 1. The maximum Gasteiger partial charge on any atom is 0.237 e. The highest BCUT2D eigenvalue weighted by atomic mass is 16.2. The second-order valence-electron chi connectivity index (χ2n) is 4.93. The standard InChI is InChI=1S/C15H22N2O/c1-2-3-9-16-10-11-17(15(18)13-16)12-14-7-5-4-6-8-14/h4-8H,2-3,9-13H2,1H3. The van der Waals surface area contributed by atoms with Crippen LogP contribution in [0.3, 0.4) is 0 Å². The van der Waals surface area contributed by atoms with Crippen LogP contribution < -0.4 is 0 Å². The molecule has 3 heteroatoms. The second-order valence-corrected chi connectivity index (χ2v) is 4.93. The number of piperazine rings is 1. The lowest BCUT2D eigenvalue weighted by Gasteiger charge is -2.34. The van der Waals surface area contributed by atoms with Crippen molar-refractivity contribution in [2.24, 2.45) is 0 Å². The van der Waals surface area contributed by atoms with Gasteiger partial charge in [0, 0.05) is 19.6 Å². The van der Waals surface area contributed by atoms with E-state index >= 15 is 0 Å². The maximum absolute atomic E-state index is 12.1. The molecule has 0 radical (unpaired) electrons. The van der Waals surface area contributed by atoms with Gasteiger partial charge in [-0.25, -0.2) is 0 Å². The van der Waals surface area contributed by atoms with E-state index in [4.69, 9.17) is 0 Å². The van der Waals surface area contributed by atoms with E-state index in [0.717, 1.165) is 26.2 Å². The van der Waals surface area contributed by atoms with Crippen molar-refractivity contribution in [3.8, 4) is 0 Å². The van der Waals surface area contributed by atoms with Crippen LogP contribution in [-0.2, 0) is 11.3 Å². The van der Waals surface area contributed by atoms with Crippen molar-refractivity contribution in [1.29, 1.82) is 0 Å². The fourth-order valence-corrected chi connectivity index (χ4v) is 2.30. The number of unbranched alkanes of at least 4 members (excludes halogenated alkanes) is 1. The molecule has 1 fully saturated rings. The zero-order valence-electron chi connectivity index (χ0n) is 11.1. The van der Waals surface area contributed by atoms with Gasteiger partial charge in [0.25, 0.3) is 0 Å². The van der Waals surface area contributed by atoms with E-state index in [9.17, 15) is 4.79 Å². The first-order chi connectivity index (χ1) is 8.79. The van der Waals surface area contributed by atoms with Crippen molar-refractivity contribution in [3.05, 3.63) is 35.9 Å². The molecule has 0 spiro atoms. The highest BCUT2D eigenvalue weighted by molar-refractivity contribution is 5.79. The lowest BCUT2D eigenvalue weighted by atomic mass is 10.2. The monoisotopic (exact) mass is 246 g/mol. The molecular weight excluding hydrogens is 224 g/mol. The summed E-state index contributed by atoms with van der Waals surface area (Å²) < 4.78 is 0. The molecule has 0 saturated carbocycles. The average Bonchev–Trinajstić information content (AvgIpc) is 2.40. The Morgan fingerprint density at radius 3 is 2.61 bits per heavy atom. The summed E-state index contributed by atoms with van der Waals surface area (Å²) in [6.45, 7) is 6.46. The Labute approximate surface area is 109 Å². The van der Waals surface area contributed by atoms with Gasteiger partial charge >= 0.3 is 0 Å². The van der Waals surface area contributed by atoms with Gasteiger partial charge in [0.2, 0.25) is 5.91 Å². The minimum atomic E-state index is 0.265. The van der Waals surface area contributed by atoms with E-state index in [-0.39, 0.29) is 5.91 Å². The zero-order chi connectivity index (χ0) is 12.8. The summed E-state index contributed by atoms with van der Waals surface area (Å²) in [6, 6.07) is 10.2. The van der Waals surface area contributed by atoms with Crippen molar-refractivity contribution in [1.82, 2.24) is 9.80 Å². The average molecular weight is 246 g/mol. The molecule has 1 aromatic rings. The molecule has 1 aliphatic heterocycles. The molecule has 18 heavy (non-hydrogen) atoms. The highest BCUT2D eigenvalue weighted by Gasteiger charge is 2.23. The summed E-state index contributed by atoms with van der Waals surface area (Å²) >= 11 is 0. The molecule has 0 atom stereocenters. The van der Waals surface area contributed by atoms with E-state index in [1.165, 1.54) is 18.4 Å². The van der Waals surface area contributed by atoms with Crippen LogP contribution in [0.1, 0.15) is 25.3 Å². The Bertz CT molecular complexity index is 377. The molecule has 0 unspecified atom stereocenters. The van der Waals surface area contributed by atoms with Crippen molar-refractivity contribution >= 4 is 5.91 Å². The summed E-state index contributed by atoms with van der Waals surface area (Å²) in [5, 5.41) is 0. The van der Waals surface area contributed by atoms with Crippen LogP contribution in [0.15, 0.2) is 30.3 Å². The minimum Gasteiger partial charge on any atom is -0.336 e. The number of hydrogen-bond donors (Lipinski definition) is 0. The van der Waals surface area contributed by atoms with Gasteiger partial charge in [0.15, 0.2) is 0 Å². The van der Waals surface area contributed by atoms with Crippen LogP contribution in [-0.4, -0.2) is 41.9 Å². The van der Waals surface area contributed by atoms with Gasteiger partial charge in [-0.1, -0.05) is 43.7 Å². The largest absolute Gasteiger partial charge is 0.336 e. The Morgan fingerprint density at radius 2 is 1.94 bits per heavy atom. The van der Waals surface area contributed by atoms with Gasteiger partial charge in [-0.2, -0.15) is 0 Å². The molecule has 0 aromatic heterocycles. The van der Waals surface area contributed by atoms with Crippen molar-refractivity contribution in [3.63, 3.8) is 0 Å². The molecule has 3 nitrogen and oxygen atoms in total. The molecule has 1 heterocycles. The molecule has 0 bridgehead atoms. The molecule has 0 aliphatic carbocycles. The second kappa shape index (κ2) is 6.55. The van der Waals surface area contributed by atoms with E-state index in [1.54, 1.807) is 0 Å². The van der Waals surface area contributed by atoms with E-state index in [1.807, 2.05) is 23.1 Å². The van der Waals surface area contributed by atoms with Gasteiger partial charge in [-0.15, -0.1) is 0 Å². The molecule has 1 amide bonds. The zero-order valence-corrected chi connectivity index (χ0v) is 11.1. The molecule has 2 rings (SSSR count). The number of carbonyl (C=O) groups excluding carboxylic acids is 1. The van der Waals surface area contributed by atoms with Crippen molar-refractivity contribution in [2.45, 2.75) is 26.3 Å². The van der Waals surface area contributed by atoms with Gasteiger partial charge in [-0.05, 0) is 18.5 Å². The molecule has 0 N–H and O–H groups in total. The van der Waals surface area contributed by atoms with Crippen molar-refractivity contribution < 1.29 is 4.79 Å². The third kappa shape index (κ3) is 3.57. The minimum absolute atomic E-state index is 0.265. The summed E-state index contributed by atoms with van der Waals surface area (Å²) in [7, 11) is 0. The fraction of sp³-hybridized carbons (Fsp3) is 0.533. The Hall–Kier alpha value is -1.35. The van der Waals surface area contributed by atoms with Gasteiger partial charge < -0.3 is 4.90 Å². The lowest BCUT2D eigenvalue weighted by molar-refractivity contribution is -0.136. The Morgan fingerprint density at radius 1 is 1.17 bits per heavy atom. The van der Waals surface area contributed by atoms with Gasteiger partial charge in [0.1, 0.15) is 0 Å². The molecular formula is C15H22N2O. The number of benzene rings is 1. The van der Waals surface area contributed by atoms with Crippen LogP contribution in [0.5, 0.6) is 0 Å². The number of hydrogen-bond acceptors (Lipinski definition) is 2. The van der Waals surface area contributed by atoms with E-state index < -0.39 is 0 Å². The Balaban J connectivity index is 1.84. The van der Waals surface area contributed by atoms with Gasteiger partial charge in [-0.3, -0.25) is 9.69 Å². The predicted octanol–water partition coefficient (Wildman–Crippen LogP) is 2.13. The fourth-order valence-electron chi connectivity index (χ4n) is 2.30. The normalized spacial score (nSPS) is 17.2. The smallest absolute Gasteiger partial charge is 0.237 e. The van der Waals surface area contributed by atoms with E-state index in [2.05, 4.69) is 24.0 Å². The van der Waals surface area contributed by atoms with E-state index in [0.29, 0.717) is 6.54 Å². The maximum atomic E-state index is 12.1. The quantitative estimate of drug-likeness (QED) is 0.794. The van der Waals surface area contributed by atoms with Crippen LogP contribution in [0.25, 0.3) is 0 Å². The molecule has 98 valence electrons. The number of rotatable bonds is 5. The van der Waals surface area contributed by atoms with Crippen LogP contribution in [0.2, 0.25) is 0 Å². The summed E-state index contributed by atoms with van der Waals surface area (Å²) in [4.78, 5) is 16.3. The van der Waals surface area contributed by atoms with Crippen molar-refractivity contribution in [2.75, 3.05) is 26.2 Å². The SMILES string of the molecule is CCCCN1CCN(Cc2ccccc2)C(=O)C1. The summed E-state index contributed by atoms with van der Waals surface area (Å²) in [5.41, 5.74) is 1.22. The lowest BCUT2D eigenvalue weighted by Crippen LogP contribution is -2.49. The third-order valence-corrected chi connectivity index (χ3v) is 3.44. The first-order valence-electron chi connectivity index (χ1n) is 6.83. The Kier molecular flexibility index (Phi) is 4.76. The highest BCUT2D eigenvalue weighted by Crippen LogP contribution is 2.10. The topological polar surface area (TPSA) is 23.6 Å². The van der Waals surface area contributed by atoms with Crippen LogP contribution >= 0.6 is 0 Å². The molecule has 1 aromatic carbocycles. The first kappa shape index (κ1) is 13.1. The molecule has 1 saturated heterocycles. The number of nitrogens with zero attached hydrogens (tertiary/aromatic N) is 2. The predicted molar refractivity (Wildman–Crippen MR) is 73.2 cm³/mol. The summed E-state index contributed by atoms with van der Waals surface area (Å²) in [5.74, 6) is 0.265. The summed E-state index contributed by atoms with van der Waals surface area (Å²) in [6.07, 6.45) is 2.38. The van der Waals surface area contributed by atoms with Gasteiger partial charge in [0.05, 0.1) is 6.54 Å². The van der Waals surface area contributed by atoms with Crippen LogP contribution in [0, 0.1) is 0 Å².